The topological polar surface area (TPSA) is 18.1 Å². The van der Waals surface area contributed by atoms with E-state index in [0.717, 1.165) is 27.6 Å². The van der Waals surface area contributed by atoms with Crippen molar-refractivity contribution < 1.29 is 4.42 Å². The molecule has 0 aliphatic carbocycles. The Hall–Kier alpha value is -6.12. The first kappa shape index (κ1) is 25.2. The minimum atomic E-state index is 0.885. The molecule has 0 spiro atoms. The molecular formula is C44H27NO. The van der Waals surface area contributed by atoms with Gasteiger partial charge < -0.3 is 8.98 Å². The van der Waals surface area contributed by atoms with E-state index < -0.39 is 0 Å². The molecule has 10 aromatic rings. The number of hydrogen-bond donors (Lipinski definition) is 0. The molecule has 2 nitrogen and oxygen atoms in total. The Morgan fingerprint density at radius 3 is 1.46 bits per heavy atom. The van der Waals surface area contributed by atoms with Crippen LogP contribution in [-0.4, -0.2) is 4.57 Å². The van der Waals surface area contributed by atoms with Crippen molar-refractivity contribution in [3.63, 3.8) is 0 Å². The quantitative estimate of drug-likeness (QED) is 0.189. The summed E-state index contributed by atoms with van der Waals surface area (Å²) in [6, 6.07) is 59.0. The number of rotatable bonds is 3. The van der Waals surface area contributed by atoms with Gasteiger partial charge in [0.25, 0.3) is 0 Å². The van der Waals surface area contributed by atoms with Gasteiger partial charge in [0.1, 0.15) is 11.2 Å². The van der Waals surface area contributed by atoms with Gasteiger partial charge in [-0.15, -0.1) is 0 Å². The first-order valence-corrected chi connectivity index (χ1v) is 15.8. The molecule has 2 aromatic heterocycles. The number of furan rings is 1. The van der Waals surface area contributed by atoms with Crippen LogP contribution in [0.25, 0.3) is 93.2 Å². The molecule has 0 saturated carbocycles. The molecule has 0 aliphatic heterocycles. The van der Waals surface area contributed by atoms with Gasteiger partial charge in [0, 0.05) is 27.6 Å². The van der Waals surface area contributed by atoms with Crippen LogP contribution in [0.2, 0.25) is 0 Å². The van der Waals surface area contributed by atoms with E-state index in [1.807, 2.05) is 0 Å². The van der Waals surface area contributed by atoms with E-state index in [0.29, 0.717) is 0 Å². The van der Waals surface area contributed by atoms with E-state index in [1.54, 1.807) is 0 Å². The summed E-state index contributed by atoms with van der Waals surface area (Å²) in [6.07, 6.45) is 0. The molecule has 2 heterocycles. The number of para-hydroxylation sites is 3. The van der Waals surface area contributed by atoms with Crippen molar-refractivity contribution in [3.8, 4) is 27.9 Å². The Morgan fingerprint density at radius 1 is 0.370 bits per heavy atom. The fourth-order valence-corrected chi connectivity index (χ4v) is 7.70. The van der Waals surface area contributed by atoms with Gasteiger partial charge in [0.15, 0.2) is 0 Å². The van der Waals surface area contributed by atoms with Crippen LogP contribution in [0.15, 0.2) is 168 Å². The molecule has 0 N–H and O–H groups in total. The monoisotopic (exact) mass is 585 g/mol. The first-order chi connectivity index (χ1) is 22.8. The Bertz CT molecular complexity index is 2690. The summed E-state index contributed by atoms with van der Waals surface area (Å²) in [5.74, 6) is 0. The zero-order valence-corrected chi connectivity index (χ0v) is 24.9. The predicted octanol–water partition coefficient (Wildman–Crippen LogP) is 12.3. The highest BCUT2D eigenvalue weighted by molar-refractivity contribution is 6.26. The number of benzene rings is 8. The van der Waals surface area contributed by atoms with Crippen LogP contribution in [0.1, 0.15) is 0 Å². The fourth-order valence-electron chi connectivity index (χ4n) is 7.70. The standard InChI is InChI=1S/C44H27NO/c1-2-14-28(15-3-1)42-32-18-4-6-20-34(32)43(35-21-7-5-19-33(35)42)37-26-29(27-41-44(37)36-22-10-13-25-40(36)46-41)45-38-23-11-8-16-30(38)31-17-9-12-24-39(31)45/h1-27H. The van der Waals surface area contributed by atoms with E-state index in [2.05, 4.69) is 168 Å². The Morgan fingerprint density at radius 2 is 0.848 bits per heavy atom. The van der Waals surface area contributed by atoms with Gasteiger partial charge in [0.05, 0.1) is 16.7 Å². The van der Waals surface area contributed by atoms with Crippen LogP contribution in [0.3, 0.4) is 0 Å². The molecule has 0 bridgehead atoms. The Kier molecular flexibility index (Phi) is 5.31. The summed E-state index contributed by atoms with van der Waals surface area (Å²) < 4.78 is 9.07. The van der Waals surface area contributed by atoms with Gasteiger partial charge in [0.2, 0.25) is 0 Å². The maximum absolute atomic E-state index is 6.68. The highest BCUT2D eigenvalue weighted by atomic mass is 16.3. The fraction of sp³-hybridized carbons (Fsp3) is 0. The molecule has 8 aromatic carbocycles. The summed E-state index contributed by atoms with van der Waals surface area (Å²) in [4.78, 5) is 0. The lowest BCUT2D eigenvalue weighted by molar-refractivity contribution is 0.668. The molecule has 2 heteroatoms. The van der Waals surface area contributed by atoms with Crippen molar-refractivity contribution in [2.24, 2.45) is 0 Å². The van der Waals surface area contributed by atoms with Gasteiger partial charge in [-0.2, -0.15) is 0 Å². The molecule has 0 aliphatic rings. The molecular weight excluding hydrogens is 558 g/mol. The van der Waals surface area contributed by atoms with Crippen LogP contribution in [-0.2, 0) is 0 Å². The van der Waals surface area contributed by atoms with Crippen molar-refractivity contribution in [1.82, 2.24) is 4.57 Å². The molecule has 0 atom stereocenters. The van der Waals surface area contributed by atoms with Gasteiger partial charge in [-0.1, -0.05) is 133 Å². The van der Waals surface area contributed by atoms with Crippen molar-refractivity contribution in [3.05, 3.63) is 164 Å². The summed E-state index contributed by atoms with van der Waals surface area (Å²) in [6.45, 7) is 0. The zero-order valence-electron chi connectivity index (χ0n) is 24.9. The summed E-state index contributed by atoms with van der Waals surface area (Å²) >= 11 is 0. The molecule has 0 radical (unpaired) electrons. The molecule has 0 unspecified atom stereocenters. The zero-order chi connectivity index (χ0) is 30.2. The lowest BCUT2D eigenvalue weighted by Gasteiger charge is -2.19. The Labute approximate surface area is 265 Å². The normalized spacial score (nSPS) is 11.9. The summed E-state index contributed by atoms with van der Waals surface area (Å²) in [7, 11) is 0. The maximum atomic E-state index is 6.68. The second-order valence-electron chi connectivity index (χ2n) is 12.0. The van der Waals surface area contributed by atoms with Crippen molar-refractivity contribution in [1.29, 1.82) is 0 Å². The van der Waals surface area contributed by atoms with E-state index in [9.17, 15) is 0 Å². The van der Waals surface area contributed by atoms with Gasteiger partial charge in [-0.05, 0) is 68.1 Å². The lowest BCUT2D eigenvalue weighted by atomic mass is 9.85. The van der Waals surface area contributed by atoms with Crippen LogP contribution in [0.5, 0.6) is 0 Å². The smallest absolute Gasteiger partial charge is 0.138 e. The van der Waals surface area contributed by atoms with Crippen LogP contribution < -0.4 is 0 Å². The van der Waals surface area contributed by atoms with Gasteiger partial charge in [-0.3, -0.25) is 0 Å². The van der Waals surface area contributed by atoms with E-state index in [4.69, 9.17) is 4.42 Å². The Balaban J connectivity index is 1.41. The second-order valence-corrected chi connectivity index (χ2v) is 12.0. The van der Waals surface area contributed by atoms with E-state index in [-0.39, 0.29) is 0 Å². The van der Waals surface area contributed by atoms with Crippen LogP contribution >= 0.6 is 0 Å². The van der Waals surface area contributed by atoms with Crippen molar-refractivity contribution >= 4 is 65.3 Å². The molecule has 0 saturated heterocycles. The number of aromatic nitrogens is 1. The number of hydrogen-bond acceptors (Lipinski definition) is 1. The summed E-state index contributed by atoms with van der Waals surface area (Å²) in [5, 5.41) is 9.69. The average molecular weight is 586 g/mol. The molecule has 214 valence electrons. The summed E-state index contributed by atoms with van der Waals surface area (Å²) in [5.41, 5.74) is 10.1. The third kappa shape index (κ3) is 3.53. The highest BCUT2D eigenvalue weighted by Gasteiger charge is 2.22. The SMILES string of the molecule is c1ccc(-c2c3ccccc3c(-c3cc(-n4c5ccccc5c5ccccc54)cc4oc5ccccc5c34)c3ccccc23)cc1. The van der Waals surface area contributed by atoms with Gasteiger partial charge in [-0.25, -0.2) is 0 Å². The minimum absolute atomic E-state index is 0.885. The van der Waals surface area contributed by atoms with E-state index >= 15 is 0 Å². The third-order valence-corrected chi connectivity index (χ3v) is 9.56. The second kappa shape index (κ2) is 9.69. The molecule has 46 heavy (non-hydrogen) atoms. The molecule has 0 amide bonds. The first-order valence-electron chi connectivity index (χ1n) is 15.8. The minimum Gasteiger partial charge on any atom is -0.456 e. The molecule has 10 rings (SSSR count). The van der Waals surface area contributed by atoms with Crippen LogP contribution in [0.4, 0.5) is 0 Å². The number of fused-ring (bicyclic) bond motifs is 8. The lowest BCUT2D eigenvalue weighted by Crippen LogP contribution is -1.96. The van der Waals surface area contributed by atoms with Crippen molar-refractivity contribution in [2.45, 2.75) is 0 Å². The maximum Gasteiger partial charge on any atom is 0.138 e. The molecule has 0 fully saturated rings. The number of nitrogens with zero attached hydrogens (tertiary/aromatic N) is 1. The largest absolute Gasteiger partial charge is 0.456 e. The predicted molar refractivity (Wildman–Crippen MR) is 194 cm³/mol. The average Bonchev–Trinajstić information content (AvgIpc) is 3.66. The van der Waals surface area contributed by atoms with Crippen LogP contribution in [0, 0.1) is 0 Å². The van der Waals surface area contributed by atoms with Crippen molar-refractivity contribution in [2.75, 3.05) is 0 Å². The van der Waals surface area contributed by atoms with E-state index in [1.165, 1.54) is 65.6 Å². The highest BCUT2D eigenvalue weighted by Crippen LogP contribution is 2.48. The third-order valence-electron chi connectivity index (χ3n) is 9.56. The van der Waals surface area contributed by atoms with Gasteiger partial charge >= 0.3 is 0 Å².